The number of amides is 2. The Morgan fingerprint density at radius 2 is 1.67 bits per heavy atom. The van der Waals surface area contributed by atoms with Gasteiger partial charge in [0.15, 0.2) is 0 Å². The SMILES string of the molecule is COc1ccccc1C(=O)Nc1ccc(C(=O)N(C)CC2CCCCC2)c(OC)c1. The minimum Gasteiger partial charge on any atom is -0.496 e. The summed E-state index contributed by atoms with van der Waals surface area (Å²) in [5.41, 5.74) is 1.48. The molecule has 0 aliphatic heterocycles. The van der Waals surface area contributed by atoms with Crippen molar-refractivity contribution in [3.63, 3.8) is 0 Å². The van der Waals surface area contributed by atoms with Crippen molar-refractivity contribution in [2.45, 2.75) is 32.1 Å². The molecule has 2 aromatic rings. The van der Waals surface area contributed by atoms with Crippen LogP contribution in [-0.2, 0) is 0 Å². The van der Waals surface area contributed by atoms with E-state index >= 15 is 0 Å². The van der Waals surface area contributed by atoms with Crippen molar-refractivity contribution in [3.8, 4) is 11.5 Å². The van der Waals surface area contributed by atoms with Gasteiger partial charge in [0, 0.05) is 25.3 Å². The lowest BCUT2D eigenvalue weighted by molar-refractivity contribution is 0.0757. The third kappa shape index (κ3) is 5.12. The minimum atomic E-state index is -0.289. The zero-order valence-electron chi connectivity index (χ0n) is 17.9. The van der Waals surface area contributed by atoms with Gasteiger partial charge in [-0.1, -0.05) is 31.4 Å². The monoisotopic (exact) mass is 410 g/mol. The van der Waals surface area contributed by atoms with Crippen molar-refractivity contribution in [3.05, 3.63) is 53.6 Å². The Balaban J connectivity index is 1.72. The van der Waals surface area contributed by atoms with Gasteiger partial charge in [0.1, 0.15) is 11.5 Å². The number of rotatable bonds is 7. The van der Waals surface area contributed by atoms with E-state index in [1.165, 1.54) is 46.3 Å². The maximum atomic E-state index is 13.0. The number of nitrogens with one attached hydrogen (secondary N) is 1. The Labute approximate surface area is 178 Å². The van der Waals surface area contributed by atoms with Crippen LogP contribution in [0.3, 0.4) is 0 Å². The molecule has 0 spiro atoms. The van der Waals surface area contributed by atoms with E-state index in [9.17, 15) is 9.59 Å². The fourth-order valence-electron chi connectivity index (χ4n) is 4.02. The molecule has 0 aromatic heterocycles. The van der Waals surface area contributed by atoms with Crippen molar-refractivity contribution in [2.75, 3.05) is 33.1 Å². The van der Waals surface area contributed by atoms with Gasteiger partial charge in [0.25, 0.3) is 11.8 Å². The van der Waals surface area contributed by atoms with Crippen LogP contribution in [0.15, 0.2) is 42.5 Å². The molecule has 6 heteroatoms. The minimum absolute atomic E-state index is 0.0694. The molecule has 1 aliphatic carbocycles. The molecule has 3 rings (SSSR count). The predicted octanol–water partition coefficient (Wildman–Crippen LogP) is 4.61. The van der Waals surface area contributed by atoms with Crippen LogP contribution in [0.25, 0.3) is 0 Å². The van der Waals surface area contributed by atoms with Crippen molar-refractivity contribution in [2.24, 2.45) is 5.92 Å². The van der Waals surface area contributed by atoms with Crippen molar-refractivity contribution in [1.82, 2.24) is 4.90 Å². The number of anilines is 1. The second-order valence-electron chi connectivity index (χ2n) is 7.76. The van der Waals surface area contributed by atoms with Gasteiger partial charge in [-0.05, 0) is 43.0 Å². The third-order valence-corrected chi connectivity index (χ3v) is 5.64. The standard InChI is InChI=1S/C24H30N2O4/c1-26(16-17-9-5-4-6-10-17)24(28)20-14-13-18(15-22(20)30-3)25-23(27)19-11-7-8-12-21(19)29-2/h7-8,11-15,17H,4-6,9-10,16H2,1-3H3,(H,25,27). The highest BCUT2D eigenvalue weighted by Crippen LogP contribution is 2.28. The zero-order chi connectivity index (χ0) is 21.5. The summed E-state index contributed by atoms with van der Waals surface area (Å²) in [6, 6.07) is 12.1. The molecule has 1 aliphatic rings. The lowest BCUT2D eigenvalue weighted by Crippen LogP contribution is -2.32. The van der Waals surface area contributed by atoms with E-state index in [0.29, 0.717) is 34.2 Å². The van der Waals surface area contributed by atoms with Crippen LogP contribution >= 0.6 is 0 Å². The summed E-state index contributed by atoms with van der Waals surface area (Å²) in [5, 5.41) is 2.84. The maximum Gasteiger partial charge on any atom is 0.259 e. The normalized spacial score (nSPS) is 14.1. The van der Waals surface area contributed by atoms with Gasteiger partial charge >= 0.3 is 0 Å². The molecule has 0 saturated heterocycles. The number of methoxy groups -OCH3 is 2. The molecule has 2 aromatic carbocycles. The quantitative estimate of drug-likeness (QED) is 0.724. The Kier molecular flexibility index (Phi) is 7.33. The molecule has 2 amide bonds. The summed E-state index contributed by atoms with van der Waals surface area (Å²) < 4.78 is 10.7. The summed E-state index contributed by atoms with van der Waals surface area (Å²) in [6.07, 6.45) is 6.16. The number of nitrogens with zero attached hydrogens (tertiary/aromatic N) is 1. The molecule has 1 fully saturated rings. The van der Waals surface area contributed by atoms with Crippen molar-refractivity contribution in [1.29, 1.82) is 0 Å². The van der Waals surface area contributed by atoms with Gasteiger partial charge in [0.2, 0.25) is 0 Å². The summed E-state index contributed by atoms with van der Waals surface area (Å²) in [4.78, 5) is 27.4. The summed E-state index contributed by atoms with van der Waals surface area (Å²) in [5.74, 6) is 1.15. The molecule has 6 nitrogen and oxygen atoms in total. The van der Waals surface area contributed by atoms with E-state index < -0.39 is 0 Å². The lowest BCUT2D eigenvalue weighted by atomic mass is 9.89. The van der Waals surface area contributed by atoms with E-state index in [4.69, 9.17) is 9.47 Å². The van der Waals surface area contributed by atoms with Crippen LogP contribution in [0.2, 0.25) is 0 Å². The predicted molar refractivity (Wildman–Crippen MR) is 117 cm³/mol. The summed E-state index contributed by atoms with van der Waals surface area (Å²) >= 11 is 0. The highest BCUT2D eigenvalue weighted by molar-refractivity contribution is 6.06. The van der Waals surface area contributed by atoms with Crippen LogP contribution in [0.5, 0.6) is 11.5 Å². The Morgan fingerprint density at radius 1 is 0.967 bits per heavy atom. The molecule has 0 bridgehead atoms. The Bertz CT molecular complexity index is 891. The summed E-state index contributed by atoms with van der Waals surface area (Å²) in [6.45, 7) is 0.758. The number of benzene rings is 2. The smallest absolute Gasteiger partial charge is 0.259 e. The van der Waals surface area contributed by atoms with Gasteiger partial charge in [0.05, 0.1) is 25.3 Å². The fraction of sp³-hybridized carbons (Fsp3) is 0.417. The zero-order valence-corrected chi connectivity index (χ0v) is 17.9. The van der Waals surface area contributed by atoms with E-state index in [1.807, 2.05) is 13.1 Å². The largest absolute Gasteiger partial charge is 0.496 e. The maximum absolute atomic E-state index is 13.0. The van der Waals surface area contributed by atoms with Gasteiger partial charge in [-0.3, -0.25) is 9.59 Å². The number of carbonyl (C=O) groups is 2. The van der Waals surface area contributed by atoms with Gasteiger partial charge < -0.3 is 19.7 Å². The van der Waals surface area contributed by atoms with E-state index in [0.717, 1.165) is 6.54 Å². The van der Waals surface area contributed by atoms with E-state index in [2.05, 4.69) is 5.32 Å². The first-order valence-electron chi connectivity index (χ1n) is 10.4. The van der Waals surface area contributed by atoms with E-state index in [1.54, 1.807) is 41.3 Å². The molecule has 0 radical (unpaired) electrons. The highest BCUT2D eigenvalue weighted by atomic mass is 16.5. The molecule has 30 heavy (non-hydrogen) atoms. The first-order chi connectivity index (χ1) is 14.5. The molecule has 0 atom stereocenters. The van der Waals surface area contributed by atoms with Gasteiger partial charge in [-0.15, -0.1) is 0 Å². The Hall–Kier alpha value is -3.02. The fourth-order valence-corrected chi connectivity index (χ4v) is 4.02. The number of para-hydroxylation sites is 1. The van der Waals surface area contributed by atoms with Crippen LogP contribution in [0.4, 0.5) is 5.69 Å². The van der Waals surface area contributed by atoms with Gasteiger partial charge in [-0.25, -0.2) is 0 Å². The molecule has 1 N–H and O–H groups in total. The summed E-state index contributed by atoms with van der Waals surface area (Å²) in [7, 11) is 4.90. The number of carbonyl (C=O) groups excluding carboxylic acids is 2. The number of hydrogen-bond acceptors (Lipinski definition) is 4. The number of hydrogen-bond donors (Lipinski definition) is 1. The second-order valence-corrected chi connectivity index (χ2v) is 7.76. The van der Waals surface area contributed by atoms with Crippen LogP contribution in [0.1, 0.15) is 52.8 Å². The molecule has 160 valence electrons. The molecular weight excluding hydrogens is 380 g/mol. The molecule has 0 unspecified atom stereocenters. The van der Waals surface area contributed by atoms with Gasteiger partial charge in [-0.2, -0.15) is 0 Å². The number of ether oxygens (including phenoxy) is 2. The van der Waals surface area contributed by atoms with Crippen molar-refractivity contribution >= 4 is 17.5 Å². The van der Waals surface area contributed by atoms with Crippen LogP contribution < -0.4 is 14.8 Å². The van der Waals surface area contributed by atoms with Crippen LogP contribution in [-0.4, -0.2) is 44.5 Å². The average Bonchev–Trinajstić information content (AvgIpc) is 2.79. The molecule has 0 heterocycles. The first-order valence-corrected chi connectivity index (χ1v) is 10.4. The average molecular weight is 411 g/mol. The molecular formula is C24H30N2O4. The second kappa shape index (κ2) is 10.1. The topological polar surface area (TPSA) is 67.9 Å². The lowest BCUT2D eigenvalue weighted by Gasteiger charge is -2.27. The first kappa shape index (κ1) is 21.7. The van der Waals surface area contributed by atoms with E-state index in [-0.39, 0.29) is 11.8 Å². The highest BCUT2D eigenvalue weighted by Gasteiger charge is 2.22. The van der Waals surface area contributed by atoms with Crippen LogP contribution in [0, 0.1) is 5.92 Å². The van der Waals surface area contributed by atoms with Crippen molar-refractivity contribution < 1.29 is 19.1 Å². The Morgan fingerprint density at radius 3 is 2.37 bits per heavy atom. The third-order valence-electron chi connectivity index (χ3n) is 5.64. The molecule has 1 saturated carbocycles.